The van der Waals surface area contributed by atoms with Gasteiger partial charge in [-0.15, -0.1) is 0 Å². The lowest BCUT2D eigenvalue weighted by Gasteiger charge is -2.17. The summed E-state index contributed by atoms with van der Waals surface area (Å²) in [5.41, 5.74) is 0.739. The van der Waals surface area contributed by atoms with Gasteiger partial charge in [0.15, 0.2) is 19.7 Å². The van der Waals surface area contributed by atoms with Crippen LogP contribution in [0.2, 0.25) is 0 Å². The van der Waals surface area contributed by atoms with E-state index in [1.54, 1.807) is 62.4 Å². The molecule has 2 rings (SSSR count). The highest BCUT2D eigenvalue weighted by atomic mass is 79.9. The first-order valence-corrected chi connectivity index (χ1v) is 13.7. The van der Waals surface area contributed by atoms with Crippen molar-refractivity contribution in [2.24, 2.45) is 0 Å². The fraction of sp³-hybridized carbons (Fsp3) is 0.300. The number of halogens is 2. The van der Waals surface area contributed by atoms with Crippen LogP contribution < -0.4 is 0 Å². The monoisotopic (exact) mass is 548 g/mol. The van der Waals surface area contributed by atoms with Crippen LogP contribution in [0.25, 0.3) is 9.81 Å². The highest BCUT2D eigenvalue weighted by Gasteiger charge is 2.31. The van der Waals surface area contributed by atoms with Crippen molar-refractivity contribution in [3.8, 4) is 0 Å². The third-order valence-corrected chi connectivity index (χ3v) is 9.19. The molecule has 28 heavy (non-hydrogen) atoms. The molecule has 2 aromatic carbocycles. The van der Waals surface area contributed by atoms with E-state index >= 15 is 0 Å². The molecule has 0 spiro atoms. The first-order valence-electron chi connectivity index (χ1n) is 8.84. The molecule has 0 bridgehead atoms. The van der Waals surface area contributed by atoms with Gasteiger partial charge in [-0.3, -0.25) is 0 Å². The molecule has 0 amide bonds. The maximum atomic E-state index is 13.2. The predicted molar refractivity (Wildman–Crippen MR) is 123 cm³/mol. The largest absolute Gasteiger partial charge is 0.224 e. The minimum absolute atomic E-state index is 0.125. The van der Waals surface area contributed by atoms with Crippen molar-refractivity contribution in [3.05, 3.63) is 68.6 Å². The molecule has 0 saturated carbocycles. The van der Waals surface area contributed by atoms with Gasteiger partial charge in [0.2, 0.25) is 0 Å². The Labute approximate surface area is 184 Å². The van der Waals surface area contributed by atoms with Crippen LogP contribution in [0.5, 0.6) is 0 Å². The van der Waals surface area contributed by atoms with E-state index in [2.05, 4.69) is 31.9 Å². The summed E-state index contributed by atoms with van der Waals surface area (Å²) < 4.78 is 54.4. The average molecular weight is 550 g/mol. The molecule has 0 N–H and O–H groups in total. The van der Waals surface area contributed by atoms with Crippen molar-refractivity contribution >= 4 is 61.3 Å². The predicted octanol–water partition coefficient (Wildman–Crippen LogP) is 5.69. The van der Waals surface area contributed by atoms with Gasteiger partial charge >= 0.3 is 0 Å². The number of hydrogen-bond acceptors (Lipinski definition) is 4. The van der Waals surface area contributed by atoms with Crippen LogP contribution in [0.4, 0.5) is 0 Å². The summed E-state index contributed by atoms with van der Waals surface area (Å²) in [5.74, 6) is -0.250. The summed E-state index contributed by atoms with van der Waals surface area (Å²) in [5, 5.41) is 0. The van der Waals surface area contributed by atoms with E-state index in [4.69, 9.17) is 0 Å². The van der Waals surface area contributed by atoms with Crippen molar-refractivity contribution < 1.29 is 16.8 Å². The zero-order valence-electron chi connectivity index (χ0n) is 15.7. The first kappa shape index (κ1) is 23.3. The van der Waals surface area contributed by atoms with Gasteiger partial charge in [-0.25, -0.2) is 16.8 Å². The number of sulfone groups is 2. The lowest BCUT2D eigenvalue weighted by atomic mass is 10.1. The fourth-order valence-electron chi connectivity index (χ4n) is 2.85. The van der Waals surface area contributed by atoms with Crippen LogP contribution in [0.1, 0.15) is 37.8 Å². The molecule has 0 aromatic heterocycles. The Balaban J connectivity index is 2.98. The minimum atomic E-state index is -3.82. The Hall–Kier alpha value is -0.960. The van der Waals surface area contributed by atoms with Crippen molar-refractivity contribution in [2.75, 3.05) is 11.5 Å². The van der Waals surface area contributed by atoms with Crippen LogP contribution in [0.15, 0.2) is 57.5 Å². The molecule has 0 saturated heterocycles. The second kappa shape index (κ2) is 9.69. The van der Waals surface area contributed by atoms with Gasteiger partial charge < -0.3 is 0 Å². The SMILES string of the molecule is CCCS(=O)(=O)/C(=C(\c1ccc(Br)cc1)S(=O)(=O)CCC)c1ccc(Br)cc1. The van der Waals surface area contributed by atoms with E-state index in [9.17, 15) is 16.8 Å². The molecule has 0 aliphatic rings. The third-order valence-electron chi connectivity index (χ3n) is 3.99. The molecular weight excluding hydrogens is 528 g/mol. The van der Waals surface area contributed by atoms with Gasteiger partial charge in [0.05, 0.1) is 21.3 Å². The van der Waals surface area contributed by atoms with Gasteiger partial charge in [0, 0.05) is 8.95 Å². The zero-order chi connectivity index (χ0) is 20.9. The molecule has 0 aliphatic heterocycles. The smallest absolute Gasteiger partial charge is 0.180 e. The van der Waals surface area contributed by atoms with Gasteiger partial charge in [-0.1, -0.05) is 70.0 Å². The maximum Gasteiger partial charge on any atom is 0.180 e. The summed E-state index contributed by atoms with van der Waals surface area (Å²) in [6.07, 6.45) is 0.785. The van der Waals surface area contributed by atoms with E-state index in [1.165, 1.54) is 0 Å². The molecule has 0 radical (unpaired) electrons. The van der Waals surface area contributed by atoms with Crippen LogP contribution >= 0.6 is 31.9 Å². The normalized spacial score (nSPS) is 13.3. The molecule has 152 valence electrons. The molecule has 0 atom stereocenters. The van der Waals surface area contributed by atoms with Gasteiger partial charge in [-0.2, -0.15) is 0 Å². The summed E-state index contributed by atoms with van der Waals surface area (Å²) in [4.78, 5) is -0.254. The van der Waals surface area contributed by atoms with Gasteiger partial charge in [0.1, 0.15) is 0 Å². The molecule has 4 nitrogen and oxygen atoms in total. The van der Waals surface area contributed by atoms with Gasteiger partial charge in [0.25, 0.3) is 0 Å². The van der Waals surface area contributed by atoms with Crippen molar-refractivity contribution in [1.29, 1.82) is 0 Å². The highest BCUT2D eigenvalue weighted by Crippen LogP contribution is 2.37. The Morgan fingerprint density at radius 1 is 0.643 bits per heavy atom. The second-order valence-corrected chi connectivity index (χ2v) is 12.2. The molecule has 8 heteroatoms. The Morgan fingerprint density at radius 3 is 1.18 bits per heavy atom. The van der Waals surface area contributed by atoms with Gasteiger partial charge in [-0.05, 0) is 48.2 Å². The Kier molecular flexibility index (Phi) is 8.07. The molecule has 0 fully saturated rings. The summed E-state index contributed by atoms with van der Waals surface area (Å²) in [6.45, 7) is 3.52. The minimum Gasteiger partial charge on any atom is -0.224 e. The van der Waals surface area contributed by atoms with E-state index in [0.717, 1.165) is 8.95 Å². The van der Waals surface area contributed by atoms with E-state index in [0.29, 0.717) is 24.0 Å². The maximum absolute atomic E-state index is 13.2. The van der Waals surface area contributed by atoms with E-state index in [1.807, 2.05) is 0 Å². The molecule has 0 aliphatic carbocycles. The lowest BCUT2D eigenvalue weighted by molar-refractivity contribution is 0.601. The second-order valence-electron chi connectivity index (χ2n) is 6.31. The molecule has 0 heterocycles. The number of hydrogen-bond donors (Lipinski definition) is 0. The topological polar surface area (TPSA) is 68.3 Å². The van der Waals surface area contributed by atoms with Crippen LogP contribution in [0.3, 0.4) is 0 Å². The molecular formula is C20H22Br2O4S2. The lowest BCUT2D eigenvalue weighted by Crippen LogP contribution is -2.16. The van der Waals surface area contributed by atoms with Crippen molar-refractivity contribution in [1.82, 2.24) is 0 Å². The van der Waals surface area contributed by atoms with Crippen LogP contribution in [-0.2, 0) is 19.7 Å². The van der Waals surface area contributed by atoms with Crippen LogP contribution in [-0.4, -0.2) is 28.3 Å². The average Bonchev–Trinajstić information content (AvgIpc) is 2.61. The van der Waals surface area contributed by atoms with E-state index in [-0.39, 0.29) is 21.3 Å². The van der Waals surface area contributed by atoms with Crippen LogP contribution in [0, 0.1) is 0 Å². The summed E-state index contributed by atoms with van der Waals surface area (Å²) in [7, 11) is -7.65. The standard InChI is InChI=1S/C20H22Br2O4S2/c1-3-13-27(23,24)19(15-5-9-17(21)10-6-15)20(28(25,26)14-4-2)16-7-11-18(22)12-8-16/h5-12H,3-4,13-14H2,1-2H3/b20-19+. The summed E-state index contributed by atoms with van der Waals surface area (Å²) in [6, 6.07) is 13.4. The Morgan fingerprint density at radius 2 is 0.929 bits per heavy atom. The third kappa shape index (κ3) is 5.55. The fourth-order valence-corrected chi connectivity index (χ4v) is 7.41. The summed E-state index contributed by atoms with van der Waals surface area (Å²) >= 11 is 6.68. The Bertz CT molecular complexity index is 967. The quantitative estimate of drug-likeness (QED) is 0.397. The first-order chi connectivity index (χ1) is 13.1. The zero-order valence-corrected chi connectivity index (χ0v) is 20.5. The number of benzene rings is 2. The van der Waals surface area contributed by atoms with Crippen molar-refractivity contribution in [3.63, 3.8) is 0 Å². The van der Waals surface area contributed by atoms with Crippen molar-refractivity contribution in [2.45, 2.75) is 26.7 Å². The number of rotatable bonds is 8. The molecule has 0 unspecified atom stereocenters. The van der Waals surface area contributed by atoms with E-state index < -0.39 is 19.7 Å². The molecule has 2 aromatic rings. The highest BCUT2D eigenvalue weighted by molar-refractivity contribution is 9.10.